The van der Waals surface area contributed by atoms with Crippen LogP contribution >= 0.6 is 0 Å². The molecule has 0 amide bonds. The van der Waals surface area contributed by atoms with Crippen molar-refractivity contribution in [1.82, 2.24) is 0 Å². The van der Waals surface area contributed by atoms with Gasteiger partial charge in [0.1, 0.15) is 11.1 Å². The minimum absolute atomic E-state index is 0.0147. The zero-order valence-electron chi connectivity index (χ0n) is 12.0. The van der Waals surface area contributed by atoms with Crippen molar-refractivity contribution in [2.45, 2.75) is 6.42 Å². The third-order valence-corrected chi connectivity index (χ3v) is 3.60. The summed E-state index contributed by atoms with van der Waals surface area (Å²) in [6.45, 7) is 1.06. The quantitative estimate of drug-likeness (QED) is 0.429. The van der Waals surface area contributed by atoms with Gasteiger partial charge in [0, 0.05) is 6.54 Å². The summed E-state index contributed by atoms with van der Waals surface area (Å²) >= 11 is 0. The number of fused-ring (bicyclic) bond motifs is 3. The number of anilines is 1. The van der Waals surface area contributed by atoms with Crippen LogP contribution in [0.15, 0.2) is 45.6 Å². The molecule has 0 spiro atoms. The van der Waals surface area contributed by atoms with Gasteiger partial charge >= 0.3 is 0 Å². The molecule has 0 radical (unpaired) electrons. The van der Waals surface area contributed by atoms with E-state index in [0.717, 1.165) is 17.2 Å². The molecule has 112 valence electrons. The van der Waals surface area contributed by atoms with E-state index in [9.17, 15) is 9.59 Å². The molecule has 0 saturated carbocycles. The van der Waals surface area contributed by atoms with E-state index in [2.05, 4.69) is 5.32 Å². The highest BCUT2D eigenvalue weighted by molar-refractivity contribution is 6.07. The SMILES string of the molecule is NCCCNc1oc2ccc3ccccc3c2c(=O)c1C=O. The van der Waals surface area contributed by atoms with Crippen LogP contribution in [0.5, 0.6) is 0 Å². The van der Waals surface area contributed by atoms with Crippen molar-refractivity contribution in [2.75, 3.05) is 18.4 Å². The van der Waals surface area contributed by atoms with Gasteiger partial charge in [0.25, 0.3) is 0 Å². The normalized spacial score (nSPS) is 11.0. The molecule has 0 aliphatic rings. The van der Waals surface area contributed by atoms with Crippen LogP contribution in [0.4, 0.5) is 5.88 Å². The number of carbonyl (C=O) groups excluding carboxylic acids is 1. The molecule has 3 N–H and O–H groups in total. The Morgan fingerprint density at radius 1 is 1.18 bits per heavy atom. The highest BCUT2D eigenvalue weighted by atomic mass is 16.3. The standard InChI is InChI=1S/C17H16N2O3/c18-8-3-9-19-17-13(10-20)16(21)15-12-5-2-1-4-11(12)6-7-14(15)22-17/h1-2,4-7,10,19H,3,8-9,18H2. The summed E-state index contributed by atoms with van der Waals surface area (Å²) in [5, 5.41) is 5.12. The summed E-state index contributed by atoms with van der Waals surface area (Å²) in [5.74, 6) is 0.205. The smallest absolute Gasteiger partial charge is 0.208 e. The molecule has 0 aliphatic heterocycles. The van der Waals surface area contributed by atoms with E-state index in [1.807, 2.05) is 30.3 Å². The molecule has 0 aliphatic carbocycles. The molecular weight excluding hydrogens is 280 g/mol. The maximum atomic E-state index is 12.7. The Hall–Kier alpha value is -2.66. The van der Waals surface area contributed by atoms with Gasteiger partial charge in [-0.05, 0) is 29.8 Å². The van der Waals surface area contributed by atoms with Crippen LogP contribution in [0, 0.1) is 0 Å². The minimum atomic E-state index is -0.316. The van der Waals surface area contributed by atoms with Crippen LogP contribution in [-0.4, -0.2) is 19.4 Å². The van der Waals surface area contributed by atoms with Crippen LogP contribution < -0.4 is 16.5 Å². The number of nitrogens with one attached hydrogen (secondary N) is 1. The van der Waals surface area contributed by atoms with Crippen molar-refractivity contribution in [3.63, 3.8) is 0 Å². The zero-order valence-corrected chi connectivity index (χ0v) is 12.0. The van der Waals surface area contributed by atoms with Gasteiger partial charge in [-0.25, -0.2) is 0 Å². The van der Waals surface area contributed by atoms with E-state index in [1.165, 1.54) is 0 Å². The van der Waals surface area contributed by atoms with E-state index in [-0.39, 0.29) is 16.9 Å². The Morgan fingerprint density at radius 3 is 2.77 bits per heavy atom. The summed E-state index contributed by atoms with van der Waals surface area (Å²) in [5.41, 5.74) is 5.60. The summed E-state index contributed by atoms with van der Waals surface area (Å²) in [7, 11) is 0. The number of carbonyl (C=O) groups is 1. The lowest BCUT2D eigenvalue weighted by Crippen LogP contribution is -2.15. The van der Waals surface area contributed by atoms with E-state index in [1.54, 1.807) is 6.07 Å². The van der Waals surface area contributed by atoms with E-state index < -0.39 is 0 Å². The number of aldehydes is 1. The number of hydrogen-bond acceptors (Lipinski definition) is 5. The van der Waals surface area contributed by atoms with Crippen LogP contribution in [0.25, 0.3) is 21.7 Å². The van der Waals surface area contributed by atoms with Gasteiger partial charge in [0.05, 0.1) is 5.39 Å². The van der Waals surface area contributed by atoms with Crippen molar-refractivity contribution in [1.29, 1.82) is 0 Å². The lowest BCUT2D eigenvalue weighted by Gasteiger charge is -2.09. The summed E-state index contributed by atoms with van der Waals surface area (Å²) < 4.78 is 5.74. The maximum Gasteiger partial charge on any atom is 0.208 e. The average Bonchev–Trinajstić information content (AvgIpc) is 2.55. The van der Waals surface area contributed by atoms with Gasteiger partial charge in [0.15, 0.2) is 6.29 Å². The molecule has 0 saturated heterocycles. The molecule has 0 unspecified atom stereocenters. The molecular formula is C17H16N2O3. The lowest BCUT2D eigenvalue weighted by molar-refractivity contribution is 0.112. The van der Waals surface area contributed by atoms with Gasteiger partial charge in [-0.3, -0.25) is 9.59 Å². The molecule has 1 aromatic heterocycles. The van der Waals surface area contributed by atoms with Crippen molar-refractivity contribution in [3.05, 3.63) is 52.2 Å². The molecule has 0 atom stereocenters. The van der Waals surface area contributed by atoms with Crippen LogP contribution in [0.2, 0.25) is 0 Å². The van der Waals surface area contributed by atoms with Crippen LogP contribution in [-0.2, 0) is 0 Å². The molecule has 0 fully saturated rings. The number of nitrogens with two attached hydrogens (primary N) is 1. The van der Waals surface area contributed by atoms with E-state index in [0.29, 0.717) is 30.3 Å². The highest BCUT2D eigenvalue weighted by Crippen LogP contribution is 2.26. The predicted molar refractivity (Wildman–Crippen MR) is 87.5 cm³/mol. The molecule has 5 nitrogen and oxygen atoms in total. The fourth-order valence-electron chi connectivity index (χ4n) is 2.52. The summed E-state index contributed by atoms with van der Waals surface area (Å²) in [4.78, 5) is 24.0. The zero-order chi connectivity index (χ0) is 15.5. The first-order valence-electron chi connectivity index (χ1n) is 7.14. The van der Waals surface area contributed by atoms with Gasteiger partial charge in [-0.2, -0.15) is 0 Å². The first-order chi connectivity index (χ1) is 10.8. The average molecular weight is 296 g/mol. The maximum absolute atomic E-state index is 12.7. The van der Waals surface area contributed by atoms with E-state index in [4.69, 9.17) is 10.2 Å². The Bertz CT molecular complexity index is 899. The van der Waals surface area contributed by atoms with E-state index >= 15 is 0 Å². The molecule has 5 heteroatoms. The lowest BCUT2D eigenvalue weighted by atomic mass is 10.0. The molecule has 2 aromatic carbocycles. The summed E-state index contributed by atoms with van der Waals surface area (Å²) in [6, 6.07) is 11.2. The molecule has 22 heavy (non-hydrogen) atoms. The third kappa shape index (κ3) is 2.35. The largest absolute Gasteiger partial charge is 0.440 e. The Morgan fingerprint density at radius 2 is 2.00 bits per heavy atom. The Kier molecular flexibility index (Phi) is 3.89. The fourth-order valence-corrected chi connectivity index (χ4v) is 2.52. The van der Waals surface area contributed by atoms with Crippen LogP contribution in [0.1, 0.15) is 16.8 Å². The number of hydrogen-bond donors (Lipinski definition) is 2. The van der Waals surface area contributed by atoms with Gasteiger partial charge in [-0.1, -0.05) is 30.3 Å². The second-order valence-electron chi connectivity index (χ2n) is 5.02. The minimum Gasteiger partial charge on any atom is -0.440 e. The Labute approximate surface area is 126 Å². The van der Waals surface area contributed by atoms with Crippen molar-refractivity contribution >= 4 is 33.9 Å². The predicted octanol–water partition coefficient (Wildman–Crippen LogP) is 2.52. The van der Waals surface area contributed by atoms with Crippen molar-refractivity contribution in [3.8, 4) is 0 Å². The van der Waals surface area contributed by atoms with Crippen LogP contribution in [0.3, 0.4) is 0 Å². The molecule has 3 rings (SSSR count). The second-order valence-corrected chi connectivity index (χ2v) is 5.02. The fraction of sp³-hybridized carbons (Fsp3) is 0.176. The topological polar surface area (TPSA) is 85.3 Å². The first kappa shape index (κ1) is 14.3. The van der Waals surface area contributed by atoms with Gasteiger partial charge in [0.2, 0.25) is 11.3 Å². The molecule has 0 bridgehead atoms. The Balaban J connectivity index is 2.27. The second kappa shape index (κ2) is 5.99. The third-order valence-electron chi connectivity index (χ3n) is 3.60. The van der Waals surface area contributed by atoms with Gasteiger partial charge < -0.3 is 15.5 Å². The first-order valence-corrected chi connectivity index (χ1v) is 7.14. The van der Waals surface area contributed by atoms with Gasteiger partial charge in [-0.15, -0.1) is 0 Å². The highest BCUT2D eigenvalue weighted by Gasteiger charge is 2.15. The number of rotatable bonds is 5. The van der Waals surface area contributed by atoms with Crippen molar-refractivity contribution < 1.29 is 9.21 Å². The summed E-state index contributed by atoms with van der Waals surface area (Å²) in [6.07, 6.45) is 1.26. The number of benzene rings is 2. The van der Waals surface area contributed by atoms with Crippen molar-refractivity contribution in [2.24, 2.45) is 5.73 Å². The molecule has 3 aromatic rings. The molecule has 1 heterocycles. The monoisotopic (exact) mass is 296 g/mol.